The number of hydrogen-bond donors (Lipinski definition) is 2. The summed E-state index contributed by atoms with van der Waals surface area (Å²) >= 11 is 12.2. The van der Waals surface area contributed by atoms with Gasteiger partial charge in [-0.2, -0.15) is 5.10 Å². The highest BCUT2D eigenvalue weighted by atomic mass is 35.5. The lowest BCUT2D eigenvalue weighted by Crippen LogP contribution is -2.23. The summed E-state index contributed by atoms with van der Waals surface area (Å²) in [5, 5.41) is 5.20. The molecule has 0 unspecified atom stereocenters. The van der Waals surface area contributed by atoms with Crippen molar-refractivity contribution in [2.24, 2.45) is 10.8 Å². The predicted molar refractivity (Wildman–Crippen MR) is 106 cm³/mol. The van der Waals surface area contributed by atoms with E-state index in [1.54, 1.807) is 30.5 Å². The molecule has 3 aromatic rings. The molecule has 0 amide bonds. The molecule has 0 radical (unpaired) electrons. The summed E-state index contributed by atoms with van der Waals surface area (Å²) in [5.74, 6) is -0.0688. The van der Waals surface area contributed by atoms with Crippen molar-refractivity contribution in [3.63, 3.8) is 0 Å². The Labute approximate surface area is 158 Å². The number of carbonyl (C=O) groups is 1. The minimum absolute atomic E-state index is 0.0852. The smallest absolute Gasteiger partial charge is 0.355 e. The summed E-state index contributed by atoms with van der Waals surface area (Å²) in [5.41, 5.74) is 8.53. The number of nitrogens with zero attached hydrogens (tertiary/aromatic N) is 1. The number of halogens is 1. The van der Waals surface area contributed by atoms with E-state index < -0.39 is 5.97 Å². The van der Waals surface area contributed by atoms with Crippen LogP contribution in [0.15, 0.2) is 53.6 Å². The Morgan fingerprint density at radius 1 is 1.24 bits per heavy atom. The summed E-state index contributed by atoms with van der Waals surface area (Å²) in [6.45, 7) is 0. The second-order valence-electron chi connectivity index (χ2n) is 4.93. The fourth-order valence-electron chi connectivity index (χ4n) is 2.09. The number of hydrazone groups is 1. The first kappa shape index (κ1) is 17.3. The highest BCUT2D eigenvalue weighted by Gasteiger charge is 2.18. The summed E-state index contributed by atoms with van der Waals surface area (Å²) in [6, 6.07) is 14.4. The van der Waals surface area contributed by atoms with Crippen LogP contribution < -0.4 is 15.9 Å². The number of esters is 1. The van der Waals surface area contributed by atoms with Crippen LogP contribution in [-0.4, -0.2) is 17.3 Å². The third-order valence-electron chi connectivity index (χ3n) is 3.20. The molecular formula is C17H12ClN3O2S2. The molecule has 8 heteroatoms. The lowest BCUT2D eigenvalue weighted by atomic mass is 10.2. The van der Waals surface area contributed by atoms with Crippen LogP contribution in [0, 0.1) is 0 Å². The van der Waals surface area contributed by atoms with E-state index in [0.29, 0.717) is 15.6 Å². The molecule has 0 aliphatic heterocycles. The van der Waals surface area contributed by atoms with Crippen molar-refractivity contribution in [3.05, 3.63) is 64.0 Å². The normalized spacial score (nSPS) is 10.9. The van der Waals surface area contributed by atoms with Gasteiger partial charge in [0.2, 0.25) is 0 Å². The van der Waals surface area contributed by atoms with Gasteiger partial charge in [-0.15, -0.1) is 11.3 Å². The van der Waals surface area contributed by atoms with Crippen LogP contribution in [0.5, 0.6) is 5.75 Å². The van der Waals surface area contributed by atoms with Gasteiger partial charge in [0.1, 0.15) is 10.6 Å². The second kappa shape index (κ2) is 7.60. The van der Waals surface area contributed by atoms with Crippen molar-refractivity contribution in [2.75, 3.05) is 0 Å². The maximum atomic E-state index is 12.4. The molecule has 2 aromatic carbocycles. The van der Waals surface area contributed by atoms with Gasteiger partial charge in [-0.3, -0.25) is 5.43 Å². The van der Waals surface area contributed by atoms with Crippen LogP contribution >= 0.6 is 35.2 Å². The van der Waals surface area contributed by atoms with Crippen LogP contribution in [0.1, 0.15) is 15.2 Å². The molecular weight excluding hydrogens is 378 g/mol. The van der Waals surface area contributed by atoms with Crippen molar-refractivity contribution in [1.29, 1.82) is 0 Å². The SMILES string of the molecule is NC(=S)NN=Cc1ccc(OC(=O)c2sc3ccccc3c2Cl)cc1. The van der Waals surface area contributed by atoms with Crippen molar-refractivity contribution >= 4 is 62.5 Å². The van der Waals surface area contributed by atoms with Gasteiger partial charge in [0.05, 0.1) is 11.2 Å². The highest BCUT2D eigenvalue weighted by molar-refractivity contribution is 7.80. The summed E-state index contributed by atoms with van der Waals surface area (Å²) in [6.07, 6.45) is 1.55. The van der Waals surface area contributed by atoms with E-state index in [1.165, 1.54) is 11.3 Å². The average Bonchev–Trinajstić information content (AvgIpc) is 2.94. The van der Waals surface area contributed by atoms with Crippen molar-refractivity contribution in [2.45, 2.75) is 0 Å². The molecule has 0 fully saturated rings. The number of thiophene rings is 1. The topological polar surface area (TPSA) is 76.7 Å². The number of ether oxygens (including phenoxy) is 1. The van der Waals surface area contributed by atoms with E-state index in [0.717, 1.165) is 15.6 Å². The summed E-state index contributed by atoms with van der Waals surface area (Å²) in [7, 11) is 0. The van der Waals surface area contributed by atoms with Crippen LogP contribution in [0.4, 0.5) is 0 Å². The molecule has 0 aliphatic carbocycles. The number of nitrogens with one attached hydrogen (secondary N) is 1. The largest absolute Gasteiger partial charge is 0.422 e. The maximum absolute atomic E-state index is 12.4. The first-order valence-corrected chi connectivity index (χ1v) is 8.72. The van der Waals surface area contributed by atoms with E-state index >= 15 is 0 Å². The van der Waals surface area contributed by atoms with Crippen molar-refractivity contribution in [1.82, 2.24) is 5.43 Å². The molecule has 3 rings (SSSR count). The molecule has 0 aliphatic rings. The van der Waals surface area contributed by atoms with Crippen LogP contribution in [0.3, 0.4) is 0 Å². The standard InChI is InChI=1S/C17H12ClN3O2S2/c18-14-12-3-1-2-4-13(12)25-15(14)16(22)23-11-7-5-10(6-8-11)9-20-21-17(19)24/h1-9H,(H3,19,21,24). The molecule has 1 aromatic heterocycles. The van der Waals surface area contributed by atoms with Gasteiger partial charge in [0.15, 0.2) is 5.11 Å². The quantitative estimate of drug-likeness (QED) is 0.232. The minimum atomic E-state index is -0.484. The Morgan fingerprint density at radius 2 is 1.96 bits per heavy atom. The average molecular weight is 390 g/mol. The van der Waals surface area contributed by atoms with E-state index in [4.69, 9.17) is 22.1 Å². The molecule has 0 saturated heterocycles. The summed E-state index contributed by atoms with van der Waals surface area (Å²) in [4.78, 5) is 12.8. The second-order valence-corrected chi connectivity index (χ2v) is 6.80. The number of rotatable bonds is 4. The van der Waals surface area contributed by atoms with Crippen LogP contribution in [-0.2, 0) is 0 Å². The Kier molecular flexibility index (Phi) is 5.28. The van der Waals surface area contributed by atoms with Gasteiger partial charge in [0.25, 0.3) is 0 Å². The van der Waals surface area contributed by atoms with Gasteiger partial charge in [-0.25, -0.2) is 4.79 Å². The Balaban J connectivity index is 1.73. The van der Waals surface area contributed by atoms with E-state index in [9.17, 15) is 4.79 Å². The maximum Gasteiger partial charge on any atom is 0.355 e. The highest BCUT2D eigenvalue weighted by Crippen LogP contribution is 2.35. The van der Waals surface area contributed by atoms with Gasteiger partial charge in [-0.1, -0.05) is 29.8 Å². The number of benzene rings is 2. The third-order valence-corrected chi connectivity index (χ3v) is 4.95. The zero-order valence-corrected chi connectivity index (χ0v) is 15.1. The monoisotopic (exact) mass is 389 g/mol. The van der Waals surface area contributed by atoms with E-state index in [-0.39, 0.29) is 5.11 Å². The Morgan fingerprint density at radius 3 is 2.64 bits per heavy atom. The van der Waals surface area contributed by atoms with Gasteiger partial charge in [-0.05, 0) is 48.1 Å². The van der Waals surface area contributed by atoms with Gasteiger partial charge in [0, 0.05) is 10.1 Å². The molecule has 0 atom stereocenters. The summed E-state index contributed by atoms with van der Waals surface area (Å²) < 4.78 is 6.34. The number of thiocarbonyl (C=S) groups is 1. The zero-order chi connectivity index (χ0) is 17.8. The fourth-order valence-corrected chi connectivity index (χ4v) is 3.53. The number of nitrogens with two attached hydrogens (primary N) is 1. The van der Waals surface area contributed by atoms with Crippen molar-refractivity contribution < 1.29 is 9.53 Å². The molecule has 5 nitrogen and oxygen atoms in total. The molecule has 126 valence electrons. The molecule has 0 spiro atoms. The first-order chi connectivity index (χ1) is 12.0. The predicted octanol–water partition coefficient (Wildman–Crippen LogP) is 3.94. The lowest BCUT2D eigenvalue weighted by molar-refractivity contribution is 0.0740. The zero-order valence-electron chi connectivity index (χ0n) is 12.7. The molecule has 25 heavy (non-hydrogen) atoms. The van der Waals surface area contributed by atoms with Crippen LogP contribution in [0.2, 0.25) is 5.02 Å². The van der Waals surface area contributed by atoms with Gasteiger partial charge >= 0.3 is 5.97 Å². The fraction of sp³-hybridized carbons (Fsp3) is 0. The first-order valence-electron chi connectivity index (χ1n) is 7.12. The minimum Gasteiger partial charge on any atom is -0.422 e. The van der Waals surface area contributed by atoms with E-state index in [2.05, 4.69) is 22.7 Å². The van der Waals surface area contributed by atoms with E-state index in [1.807, 2.05) is 24.3 Å². The molecule has 0 bridgehead atoms. The third kappa shape index (κ3) is 4.14. The van der Waals surface area contributed by atoms with Crippen molar-refractivity contribution in [3.8, 4) is 5.75 Å². The van der Waals surface area contributed by atoms with Gasteiger partial charge < -0.3 is 10.5 Å². The number of carbonyl (C=O) groups excluding carboxylic acids is 1. The molecule has 0 saturated carbocycles. The molecule has 1 heterocycles. The van der Waals surface area contributed by atoms with Crippen LogP contribution in [0.25, 0.3) is 10.1 Å². The lowest BCUT2D eigenvalue weighted by Gasteiger charge is -2.03. The number of hydrogen-bond acceptors (Lipinski definition) is 5. The number of fused-ring (bicyclic) bond motifs is 1. The Hall–Kier alpha value is -2.48. The Bertz CT molecular complexity index is 968. The molecule has 3 N–H and O–H groups in total.